The van der Waals surface area contributed by atoms with Gasteiger partial charge in [-0.25, -0.2) is 0 Å². The van der Waals surface area contributed by atoms with Crippen molar-refractivity contribution in [3.8, 4) is 17.6 Å². The minimum Gasteiger partial charge on any atom is -0.496 e. The van der Waals surface area contributed by atoms with E-state index in [1.807, 2.05) is 24.3 Å². The molecular weight excluding hydrogens is 348 g/mol. The fourth-order valence-corrected chi connectivity index (χ4v) is 3.41. The van der Waals surface area contributed by atoms with Crippen LogP contribution in [0.2, 0.25) is 5.02 Å². The molecule has 1 aliphatic heterocycles. The van der Waals surface area contributed by atoms with Crippen LogP contribution in [0, 0.1) is 11.3 Å². The van der Waals surface area contributed by atoms with E-state index in [1.54, 1.807) is 32.4 Å². The molecule has 4 nitrogen and oxygen atoms in total. The van der Waals surface area contributed by atoms with Gasteiger partial charge < -0.3 is 14.4 Å². The van der Waals surface area contributed by atoms with Crippen LogP contribution in [0.15, 0.2) is 36.4 Å². The summed E-state index contributed by atoms with van der Waals surface area (Å²) in [5, 5.41) is 10.2. The second-order valence-corrected chi connectivity index (χ2v) is 6.58. The third-order valence-corrected chi connectivity index (χ3v) is 4.77. The van der Waals surface area contributed by atoms with E-state index in [1.165, 1.54) is 12.8 Å². The quantitative estimate of drug-likeness (QED) is 0.549. The minimum atomic E-state index is 0.516. The predicted octanol–water partition coefficient (Wildman–Crippen LogP) is 5.02. The average molecular weight is 369 g/mol. The van der Waals surface area contributed by atoms with E-state index in [9.17, 15) is 5.26 Å². The summed E-state index contributed by atoms with van der Waals surface area (Å²) in [5.41, 5.74) is 3.11. The number of hydrogen-bond acceptors (Lipinski definition) is 4. The number of allylic oxidation sites excluding steroid dienone is 1. The maximum Gasteiger partial charge on any atom is 0.143 e. The standard InChI is InChI=1S/C21H21ClN2O2/c1-25-20-13-19(24-8-3-4-9-24)21(26-2)12-16(20)10-17(14-23)15-6-5-7-18(22)11-15/h5-7,10-13H,3-4,8-9H2,1-2H3/b17-10+. The molecule has 1 heterocycles. The van der Waals surface area contributed by atoms with E-state index in [4.69, 9.17) is 21.1 Å². The van der Waals surface area contributed by atoms with E-state index >= 15 is 0 Å². The Bertz CT molecular complexity index is 865. The second kappa shape index (κ2) is 8.16. The summed E-state index contributed by atoms with van der Waals surface area (Å²) in [6.45, 7) is 2.03. The van der Waals surface area contributed by atoms with Crippen LogP contribution in [-0.2, 0) is 0 Å². The van der Waals surface area contributed by atoms with Crippen LogP contribution in [-0.4, -0.2) is 27.3 Å². The van der Waals surface area contributed by atoms with Crippen molar-refractivity contribution in [2.24, 2.45) is 0 Å². The minimum absolute atomic E-state index is 0.516. The number of halogens is 1. The summed E-state index contributed by atoms with van der Waals surface area (Å²) in [4.78, 5) is 2.30. The van der Waals surface area contributed by atoms with Gasteiger partial charge in [0.2, 0.25) is 0 Å². The summed E-state index contributed by atoms with van der Waals surface area (Å²) in [7, 11) is 3.30. The van der Waals surface area contributed by atoms with Crippen molar-refractivity contribution in [2.45, 2.75) is 12.8 Å². The molecule has 5 heteroatoms. The molecule has 1 fully saturated rings. The van der Waals surface area contributed by atoms with Crippen molar-refractivity contribution in [1.29, 1.82) is 5.26 Å². The Kier molecular flexibility index (Phi) is 5.70. The fraction of sp³-hybridized carbons (Fsp3) is 0.286. The Morgan fingerprint density at radius 1 is 1.12 bits per heavy atom. The van der Waals surface area contributed by atoms with Crippen LogP contribution in [0.5, 0.6) is 11.5 Å². The molecule has 0 N–H and O–H groups in total. The summed E-state index contributed by atoms with van der Waals surface area (Å²) in [5.74, 6) is 1.49. The second-order valence-electron chi connectivity index (χ2n) is 6.14. The van der Waals surface area contributed by atoms with Crippen LogP contribution in [0.1, 0.15) is 24.0 Å². The molecule has 0 amide bonds. The van der Waals surface area contributed by atoms with Crippen molar-refractivity contribution in [3.63, 3.8) is 0 Å². The van der Waals surface area contributed by atoms with Gasteiger partial charge in [0.1, 0.15) is 11.5 Å². The SMILES string of the molecule is COc1cc(N2CCCC2)c(OC)cc1/C=C(\C#N)c1cccc(Cl)c1. The molecule has 26 heavy (non-hydrogen) atoms. The lowest BCUT2D eigenvalue weighted by Crippen LogP contribution is -2.18. The van der Waals surface area contributed by atoms with Crippen molar-refractivity contribution in [1.82, 2.24) is 0 Å². The van der Waals surface area contributed by atoms with Crippen LogP contribution in [0.4, 0.5) is 5.69 Å². The van der Waals surface area contributed by atoms with E-state index in [0.717, 1.165) is 35.7 Å². The first-order valence-electron chi connectivity index (χ1n) is 8.55. The highest BCUT2D eigenvalue weighted by Gasteiger charge is 2.19. The number of ether oxygens (including phenoxy) is 2. The van der Waals surface area contributed by atoms with Crippen molar-refractivity contribution in [3.05, 3.63) is 52.5 Å². The molecule has 0 unspecified atom stereocenters. The van der Waals surface area contributed by atoms with Gasteiger partial charge >= 0.3 is 0 Å². The van der Waals surface area contributed by atoms with E-state index in [-0.39, 0.29) is 0 Å². The third-order valence-electron chi connectivity index (χ3n) is 4.53. The molecule has 0 aromatic heterocycles. The number of methoxy groups -OCH3 is 2. The van der Waals surface area contributed by atoms with Gasteiger partial charge in [-0.1, -0.05) is 23.7 Å². The van der Waals surface area contributed by atoms with Gasteiger partial charge in [-0.3, -0.25) is 0 Å². The van der Waals surface area contributed by atoms with Gasteiger partial charge in [-0.05, 0) is 42.7 Å². The van der Waals surface area contributed by atoms with Gasteiger partial charge in [0.15, 0.2) is 0 Å². The third kappa shape index (κ3) is 3.79. The summed E-state index contributed by atoms with van der Waals surface area (Å²) in [6.07, 6.45) is 4.17. The Morgan fingerprint density at radius 3 is 2.46 bits per heavy atom. The smallest absolute Gasteiger partial charge is 0.143 e. The fourth-order valence-electron chi connectivity index (χ4n) is 3.21. The first-order chi connectivity index (χ1) is 12.7. The highest BCUT2D eigenvalue weighted by molar-refractivity contribution is 6.30. The van der Waals surface area contributed by atoms with Crippen LogP contribution < -0.4 is 14.4 Å². The Morgan fingerprint density at radius 2 is 1.85 bits per heavy atom. The first kappa shape index (κ1) is 18.2. The van der Waals surface area contributed by atoms with Gasteiger partial charge in [0, 0.05) is 29.7 Å². The largest absolute Gasteiger partial charge is 0.496 e. The maximum atomic E-state index is 9.61. The Balaban J connectivity index is 2.07. The van der Waals surface area contributed by atoms with Crippen LogP contribution >= 0.6 is 11.6 Å². The topological polar surface area (TPSA) is 45.5 Å². The average Bonchev–Trinajstić information content (AvgIpc) is 3.20. The van der Waals surface area contributed by atoms with Crippen LogP contribution in [0.3, 0.4) is 0 Å². The summed E-state index contributed by atoms with van der Waals surface area (Å²) in [6, 6.07) is 13.4. The number of nitrogens with zero attached hydrogens (tertiary/aromatic N) is 2. The molecule has 0 aliphatic carbocycles. The molecule has 2 aromatic carbocycles. The molecule has 0 bridgehead atoms. The molecule has 0 atom stereocenters. The number of anilines is 1. The zero-order valence-electron chi connectivity index (χ0n) is 15.0. The number of hydrogen-bond donors (Lipinski definition) is 0. The normalized spacial score (nSPS) is 14.2. The number of nitriles is 1. The van der Waals surface area contributed by atoms with Gasteiger partial charge in [0.05, 0.1) is 31.5 Å². The molecule has 0 spiro atoms. The molecule has 0 saturated carbocycles. The molecule has 1 saturated heterocycles. The predicted molar refractivity (Wildman–Crippen MR) is 106 cm³/mol. The summed E-state index contributed by atoms with van der Waals surface area (Å²) >= 11 is 6.06. The van der Waals surface area contributed by atoms with E-state index in [0.29, 0.717) is 16.3 Å². The molecule has 2 aromatic rings. The zero-order valence-corrected chi connectivity index (χ0v) is 15.7. The van der Waals surface area contributed by atoms with Gasteiger partial charge in [0.25, 0.3) is 0 Å². The van der Waals surface area contributed by atoms with E-state index in [2.05, 4.69) is 11.0 Å². The van der Waals surface area contributed by atoms with Crippen LogP contribution in [0.25, 0.3) is 11.6 Å². The van der Waals surface area contributed by atoms with Crippen molar-refractivity contribution < 1.29 is 9.47 Å². The lowest BCUT2D eigenvalue weighted by atomic mass is 10.0. The van der Waals surface area contributed by atoms with Crippen molar-refractivity contribution in [2.75, 3.05) is 32.2 Å². The lowest BCUT2D eigenvalue weighted by molar-refractivity contribution is 0.402. The molecule has 0 radical (unpaired) electrons. The Labute approximate surface area is 159 Å². The highest BCUT2D eigenvalue weighted by atomic mass is 35.5. The molecule has 134 valence electrons. The van der Waals surface area contributed by atoms with Gasteiger partial charge in [-0.15, -0.1) is 0 Å². The van der Waals surface area contributed by atoms with E-state index < -0.39 is 0 Å². The highest BCUT2D eigenvalue weighted by Crippen LogP contribution is 2.38. The number of benzene rings is 2. The number of rotatable bonds is 5. The monoisotopic (exact) mass is 368 g/mol. The van der Waals surface area contributed by atoms with Gasteiger partial charge in [-0.2, -0.15) is 5.26 Å². The zero-order chi connectivity index (χ0) is 18.5. The molecule has 1 aliphatic rings. The maximum absolute atomic E-state index is 9.61. The molecule has 3 rings (SSSR count). The lowest BCUT2D eigenvalue weighted by Gasteiger charge is -2.22. The molecular formula is C21H21ClN2O2. The Hall–Kier alpha value is -2.64. The first-order valence-corrected chi connectivity index (χ1v) is 8.92. The van der Waals surface area contributed by atoms with Crippen molar-refractivity contribution >= 4 is 28.9 Å². The summed E-state index contributed by atoms with van der Waals surface area (Å²) < 4.78 is 11.2.